The Morgan fingerprint density at radius 2 is 2.15 bits per heavy atom. The summed E-state index contributed by atoms with van der Waals surface area (Å²) in [4.78, 5) is 11.8. The van der Waals surface area contributed by atoms with Crippen molar-refractivity contribution in [3.8, 4) is 0 Å². The first-order valence-corrected chi connectivity index (χ1v) is 6.72. The van der Waals surface area contributed by atoms with Gasteiger partial charge >= 0.3 is 0 Å². The Balaban J connectivity index is 1.89. The lowest BCUT2D eigenvalue weighted by Gasteiger charge is -2.13. The number of carbonyl (C=O) groups excluding carboxylic acids is 1. The van der Waals surface area contributed by atoms with Crippen molar-refractivity contribution in [1.82, 2.24) is 5.32 Å². The number of rotatable bonds is 4. The highest BCUT2D eigenvalue weighted by molar-refractivity contribution is 5.87. The van der Waals surface area contributed by atoms with Crippen LogP contribution in [0.4, 0.5) is 4.39 Å². The van der Waals surface area contributed by atoms with Crippen LogP contribution < -0.4 is 5.32 Å². The normalized spacial score (nSPS) is 19.7. The largest absolute Gasteiger partial charge is 0.346 e. The molecule has 0 aliphatic heterocycles. The maximum Gasteiger partial charge on any atom is 0.244 e. The van der Waals surface area contributed by atoms with E-state index in [4.69, 9.17) is 0 Å². The molecule has 0 saturated carbocycles. The van der Waals surface area contributed by atoms with Crippen LogP contribution in [-0.2, 0) is 4.79 Å². The molecule has 1 N–H and O–H groups in total. The van der Waals surface area contributed by atoms with Crippen LogP contribution in [-0.4, -0.2) is 5.91 Å². The molecule has 1 aliphatic rings. The zero-order valence-corrected chi connectivity index (χ0v) is 11.4. The van der Waals surface area contributed by atoms with Crippen molar-refractivity contribution in [2.75, 3.05) is 0 Å². The van der Waals surface area contributed by atoms with Gasteiger partial charge in [0.25, 0.3) is 0 Å². The van der Waals surface area contributed by atoms with Crippen LogP contribution in [0.3, 0.4) is 0 Å². The molecular weight excluding hydrogens is 253 g/mol. The van der Waals surface area contributed by atoms with E-state index in [1.54, 1.807) is 12.2 Å². The summed E-state index contributed by atoms with van der Waals surface area (Å²) in [6.45, 7) is 1.92. The summed E-state index contributed by atoms with van der Waals surface area (Å²) in [7, 11) is 0. The van der Waals surface area contributed by atoms with E-state index < -0.39 is 0 Å². The van der Waals surface area contributed by atoms with E-state index in [1.807, 2.05) is 43.3 Å². The van der Waals surface area contributed by atoms with Crippen LogP contribution in [0.2, 0.25) is 0 Å². The molecule has 104 valence electrons. The monoisotopic (exact) mass is 271 g/mol. The summed E-state index contributed by atoms with van der Waals surface area (Å²) in [6.07, 6.45) is 8.64. The lowest BCUT2D eigenvalue weighted by Crippen LogP contribution is -2.24. The molecule has 0 saturated heterocycles. The van der Waals surface area contributed by atoms with Gasteiger partial charge in [-0.1, -0.05) is 48.6 Å². The number of hydrogen-bond donors (Lipinski definition) is 1. The third-order valence-corrected chi connectivity index (χ3v) is 3.27. The van der Waals surface area contributed by atoms with Crippen LogP contribution in [0.25, 0.3) is 0 Å². The minimum Gasteiger partial charge on any atom is -0.346 e. The molecule has 0 heterocycles. The molecule has 20 heavy (non-hydrogen) atoms. The van der Waals surface area contributed by atoms with Gasteiger partial charge in [0.15, 0.2) is 0 Å². The van der Waals surface area contributed by atoms with Gasteiger partial charge in [-0.25, -0.2) is 4.39 Å². The summed E-state index contributed by atoms with van der Waals surface area (Å²) in [6, 6.07) is 9.65. The highest BCUT2D eigenvalue weighted by atomic mass is 19.1. The number of benzene rings is 1. The second-order valence-electron chi connectivity index (χ2n) is 4.82. The molecule has 2 nitrogen and oxygen atoms in total. The molecule has 1 aromatic rings. The van der Waals surface area contributed by atoms with Crippen LogP contribution >= 0.6 is 0 Å². The summed E-state index contributed by atoms with van der Waals surface area (Å²) in [5.41, 5.74) is 1.04. The van der Waals surface area contributed by atoms with E-state index in [-0.39, 0.29) is 23.7 Å². The Morgan fingerprint density at radius 3 is 2.85 bits per heavy atom. The molecule has 1 amide bonds. The number of nitrogens with one attached hydrogen (secondary N) is 1. The maximum absolute atomic E-state index is 13.5. The van der Waals surface area contributed by atoms with Gasteiger partial charge in [-0.3, -0.25) is 4.79 Å². The topological polar surface area (TPSA) is 29.1 Å². The zero-order chi connectivity index (χ0) is 14.4. The van der Waals surface area contributed by atoms with Gasteiger partial charge in [0.05, 0.1) is 6.04 Å². The lowest BCUT2D eigenvalue weighted by atomic mass is 9.99. The number of halogens is 1. The van der Waals surface area contributed by atoms with E-state index in [0.29, 0.717) is 6.42 Å². The molecule has 0 bridgehead atoms. The van der Waals surface area contributed by atoms with Crippen molar-refractivity contribution in [2.45, 2.75) is 19.4 Å². The summed E-state index contributed by atoms with van der Waals surface area (Å²) < 4.78 is 13.5. The predicted molar refractivity (Wildman–Crippen MR) is 78.6 cm³/mol. The van der Waals surface area contributed by atoms with Crippen molar-refractivity contribution in [1.29, 1.82) is 0 Å². The molecule has 3 heteroatoms. The van der Waals surface area contributed by atoms with Crippen molar-refractivity contribution in [2.24, 2.45) is 5.92 Å². The summed E-state index contributed by atoms with van der Waals surface area (Å²) >= 11 is 0. The molecule has 2 rings (SSSR count). The Bertz CT molecular complexity index is 545. The highest BCUT2D eigenvalue weighted by Gasteiger charge is 2.12. The SMILES string of the molecule is C[C@H](NC(=O)/C=C/C1CC=CC=C1F)c1ccccc1. The van der Waals surface area contributed by atoms with Crippen LogP contribution in [0, 0.1) is 5.92 Å². The second-order valence-corrected chi connectivity index (χ2v) is 4.82. The minimum absolute atomic E-state index is 0.0695. The van der Waals surface area contributed by atoms with Gasteiger partial charge < -0.3 is 5.32 Å². The molecule has 2 atom stereocenters. The zero-order valence-electron chi connectivity index (χ0n) is 11.4. The number of amides is 1. The third kappa shape index (κ3) is 3.92. The Morgan fingerprint density at radius 1 is 1.40 bits per heavy atom. The highest BCUT2D eigenvalue weighted by Crippen LogP contribution is 2.22. The van der Waals surface area contributed by atoms with Crippen LogP contribution in [0.5, 0.6) is 0 Å². The number of hydrogen-bond acceptors (Lipinski definition) is 1. The van der Waals surface area contributed by atoms with Gasteiger partial charge in [0, 0.05) is 5.92 Å². The minimum atomic E-state index is -0.321. The average molecular weight is 271 g/mol. The van der Waals surface area contributed by atoms with Crippen molar-refractivity contribution >= 4 is 5.91 Å². The van der Waals surface area contributed by atoms with Crippen LogP contribution in [0.1, 0.15) is 24.9 Å². The van der Waals surface area contributed by atoms with Gasteiger partial charge in [-0.15, -0.1) is 0 Å². The van der Waals surface area contributed by atoms with Crippen molar-refractivity contribution in [3.05, 3.63) is 72.1 Å². The Kier molecular flexibility index (Phi) is 4.88. The number of allylic oxidation sites excluding steroid dienone is 5. The van der Waals surface area contributed by atoms with E-state index >= 15 is 0 Å². The first kappa shape index (κ1) is 14.3. The standard InChI is InChI=1S/C17H18FNO/c1-13(14-7-3-2-4-8-14)19-17(20)12-11-15-9-5-6-10-16(15)18/h2-8,10-13,15H,9H2,1H3,(H,19,20)/b12-11+/t13-,15?/m0/s1. The van der Waals surface area contributed by atoms with E-state index in [9.17, 15) is 9.18 Å². The van der Waals surface area contributed by atoms with Gasteiger partial charge in [-0.05, 0) is 31.1 Å². The van der Waals surface area contributed by atoms with Gasteiger partial charge in [0.1, 0.15) is 5.83 Å². The quantitative estimate of drug-likeness (QED) is 0.828. The third-order valence-electron chi connectivity index (χ3n) is 3.27. The number of carbonyl (C=O) groups is 1. The van der Waals surface area contributed by atoms with E-state index in [0.717, 1.165) is 5.56 Å². The fourth-order valence-corrected chi connectivity index (χ4v) is 2.08. The first-order valence-electron chi connectivity index (χ1n) is 6.72. The van der Waals surface area contributed by atoms with Gasteiger partial charge in [0.2, 0.25) is 5.91 Å². The summed E-state index contributed by atoms with van der Waals surface area (Å²) in [5.74, 6) is -0.728. The maximum atomic E-state index is 13.5. The molecule has 1 aliphatic carbocycles. The Labute approximate surface area is 118 Å². The molecular formula is C17H18FNO. The predicted octanol–water partition coefficient (Wildman–Crippen LogP) is 3.85. The van der Waals surface area contributed by atoms with Crippen LogP contribution in [0.15, 0.2) is 66.5 Å². The molecule has 1 unspecified atom stereocenters. The molecule has 0 spiro atoms. The Hall–Kier alpha value is -2.16. The molecule has 1 aromatic carbocycles. The van der Waals surface area contributed by atoms with Gasteiger partial charge in [-0.2, -0.15) is 0 Å². The smallest absolute Gasteiger partial charge is 0.244 e. The molecule has 0 aromatic heterocycles. The van der Waals surface area contributed by atoms with Crippen molar-refractivity contribution in [3.63, 3.8) is 0 Å². The van der Waals surface area contributed by atoms with E-state index in [2.05, 4.69) is 5.32 Å². The first-order chi connectivity index (χ1) is 9.66. The second kappa shape index (κ2) is 6.85. The molecule has 0 radical (unpaired) electrons. The van der Waals surface area contributed by atoms with E-state index in [1.165, 1.54) is 12.2 Å². The van der Waals surface area contributed by atoms with Crippen molar-refractivity contribution < 1.29 is 9.18 Å². The summed E-state index contributed by atoms with van der Waals surface area (Å²) in [5, 5.41) is 2.86. The lowest BCUT2D eigenvalue weighted by molar-refractivity contribution is -0.117. The molecule has 0 fully saturated rings. The average Bonchev–Trinajstić information content (AvgIpc) is 2.47. The fraction of sp³-hybridized carbons (Fsp3) is 0.235. The fourth-order valence-electron chi connectivity index (χ4n) is 2.08.